The van der Waals surface area contributed by atoms with Crippen LogP contribution in [0.25, 0.3) is 0 Å². The summed E-state index contributed by atoms with van der Waals surface area (Å²) in [5, 5.41) is 4.04. The highest BCUT2D eigenvalue weighted by Gasteiger charge is 2.20. The first kappa shape index (κ1) is 14.2. The van der Waals surface area contributed by atoms with Gasteiger partial charge in [-0.15, -0.1) is 0 Å². The van der Waals surface area contributed by atoms with Crippen molar-refractivity contribution in [2.75, 3.05) is 5.73 Å². The van der Waals surface area contributed by atoms with Crippen molar-refractivity contribution < 1.29 is 0 Å². The molecule has 1 saturated carbocycles. The maximum atomic E-state index is 11.5. The molecule has 21 heavy (non-hydrogen) atoms. The van der Waals surface area contributed by atoms with Gasteiger partial charge >= 0.3 is 0 Å². The van der Waals surface area contributed by atoms with Crippen molar-refractivity contribution in [3.63, 3.8) is 0 Å². The van der Waals surface area contributed by atoms with Crippen LogP contribution in [-0.2, 0) is 6.54 Å². The molecule has 110 valence electrons. The molecule has 0 aliphatic heterocycles. The van der Waals surface area contributed by atoms with Crippen molar-refractivity contribution in [1.29, 1.82) is 0 Å². The summed E-state index contributed by atoms with van der Waals surface area (Å²) in [5.41, 5.74) is 7.84. The molecule has 0 atom stereocenters. The molecule has 0 spiro atoms. The van der Waals surface area contributed by atoms with Crippen molar-refractivity contribution in [3.05, 3.63) is 45.7 Å². The highest BCUT2D eigenvalue weighted by atomic mass is 32.2. The van der Waals surface area contributed by atoms with Gasteiger partial charge in [-0.25, -0.2) is 4.98 Å². The fourth-order valence-electron chi connectivity index (χ4n) is 2.09. The van der Waals surface area contributed by atoms with Crippen LogP contribution in [0.1, 0.15) is 24.0 Å². The number of anilines is 1. The Balaban J connectivity index is 1.84. The summed E-state index contributed by atoms with van der Waals surface area (Å²) >= 11 is 1.44. The number of nitrogen functional groups attached to an aromatic ring is 1. The van der Waals surface area contributed by atoms with Gasteiger partial charge in [0.05, 0.1) is 0 Å². The van der Waals surface area contributed by atoms with E-state index in [2.05, 4.69) is 40.4 Å². The van der Waals surface area contributed by atoms with E-state index in [-0.39, 0.29) is 11.4 Å². The van der Waals surface area contributed by atoms with Crippen LogP contribution in [0.15, 0.2) is 39.1 Å². The van der Waals surface area contributed by atoms with E-state index in [1.165, 1.54) is 41.8 Å². The lowest BCUT2D eigenvalue weighted by Crippen LogP contribution is -2.16. The first-order valence-electron chi connectivity index (χ1n) is 6.98. The van der Waals surface area contributed by atoms with Crippen LogP contribution in [0.2, 0.25) is 0 Å². The largest absolute Gasteiger partial charge is 0.383 e. The van der Waals surface area contributed by atoms with E-state index >= 15 is 0 Å². The van der Waals surface area contributed by atoms with Crippen molar-refractivity contribution in [3.8, 4) is 0 Å². The minimum absolute atomic E-state index is 0.227. The second-order valence-electron chi connectivity index (χ2n) is 5.34. The average molecular weight is 302 g/mol. The zero-order valence-corrected chi connectivity index (χ0v) is 12.7. The van der Waals surface area contributed by atoms with Crippen LogP contribution in [0.4, 0.5) is 5.82 Å². The second-order valence-corrected chi connectivity index (χ2v) is 6.37. The van der Waals surface area contributed by atoms with E-state index in [4.69, 9.17) is 5.73 Å². The highest BCUT2D eigenvalue weighted by Crippen LogP contribution is 2.29. The lowest BCUT2D eigenvalue weighted by atomic mass is 10.1. The molecular formula is C15H18N4OS. The van der Waals surface area contributed by atoms with Gasteiger partial charge in [0.2, 0.25) is 0 Å². The van der Waals surface area contributed by atoms with Gasteiger partial charge < -0.3 is 16.0 Å². The number of aromatic amines is 1. The molecule has 1 aromatic heterocycles. The third-order valence-electron chi connectivity index (χ3n) is 3.32. The number of aryl methyl sites for hydroxylation is 1. The number of nitrogens with two attached hydrogens (primary N) is 1. The molecule has 1 aliphatic carbocycles. The predicted octanol–water partition coefficient (Wildman–Crippen LogP) is 2.06. The molecule has 5 nitrogen and oxygen atoms in total. The normalized spacial score (nSPS) is 14.3. The van der Waals surface area contributed by atoms with Gasteiger partial charge in [-0.1, -0.05) is 29.5 Å². The Hall–Kier alpha value is -1.79. The summed E-state index contributed by atoms with van der Waals surface area (Å²) in [6.45, 7) is 2.91. The minimum atomic E-state index is -0.227. The third-order valence-corrected chi connectivity index (χ3v) is 4.33. The monoisotopic (exact) mass is 302 g/mol. The van der Waals surface area contributed by atoms with E-state index in [1.807, 2.05) is 0 Å². The summed E-state index contributed by atoms with van der Waals surface area (Å²) < 4.78 is 0. The van der Waals surface area contributed by atoms with Crippen LogP contribution in [0.5, 0.6) is 0 Å². The third kappa shape index (κ3) is 3.86. The van der Waals surface area contributed by atoms with Gasteiger partial charge in [0, 0.05) is 23.5 Å². The van der Waals surface area contributed by atoms with Gasteiger partial charge in [0.15, 0.2) is 5.16 Å². The van der Waals surface area contributed by atoms with Crippen LogP contribution in [0.3, 0.4) is 0 Å². The van der Waals surface area contributed by atoms with Crippen LogP contribution >= 0.6 is 11.8 Å². The number of nitrogens with one attached hydrogen (secondary N) is 2. The van der Waals surface area contributed by atoms with Crippen LogP contribution in [0, 0.1) is 6.92 Å². The maximum absolute atomic E-state index is 11.5. The highest BCUT2D eigenvalue weighted by molar-refractivity contribution is 7.99. The second kappa shape index (κ2) is 5.91. The van der Waals surface area contributed by atoms with Crippen molar-refractivity contribution in [2.24, 2.45) is 0 Å². The fraction of sp³-hybridized carbons (Fsp3) is 0.333. The number of hydrogen-bond donors (Lipinski definition) is 3. The smallest absolute Gasteiger partial charge is 0.253 e. The molecule has 0 bridgehead atoms. The predicted molar refractivity (Wildman–Crippen MR) is 84.4 cm³/mol. The summed E-state index contributed by atoms with van der Waals surface area (Å²) in [6, 6.07) is 8.24. The molecule has 0 saturated heterocycles. The molecule has 1 heterocycles. The molecule has 4 N–H and O–H groups in total. The molecular weight excluding hydrogens is 284 g/mol. The first-order valence-corrected chi connectivity index (χ1v) is 7.79. The standard InChI is InChI=1S/C15H18N4OS/c1-9-2-5-12(10(6-9)8-17-11-3-4-11)21-15-18-13(16)7-14(20)19-15/h2,5-7,11,17H,3-4,8H2,1H3,(H3,16,18,19,20). The van der Waals surface area contributed by atoms with Gasteiger partial charge in [0.25, 0.3) is 5.56 Å². The zero-order valence-electron chi connectivity index (χ0n) is 11.8. The summed E-state index contributed by atoms with van der Waals surface area (Å²) in [5.74, 6) is 0.242. The van der Waals surface area contributed by atoms with Gasteiger partial charge in [-0.05, 0) is 31.4 Å². The molecule has 0 amide bonds. The van der Waals surface area contributed by atoms with E-state index in [9.17, 15) is 4.79 Å². The molecule has 0 unspecified atom stereocenters. The Morgan fingerprint density at radius 3 is 2.95 bits per heavy atom. The Kier molecular flexibility index (Phi) is 3.98. The number of rotatable bonds is 5. The molecule has 2 aromatic rings. The quantitative estimate of drug-likeness (QED) is 0.736. The van der Waals surface area contributed by atoms with Crippen molar-refractivity contribution >= 4 is 17.6 Å². The Bertz CT molecular complexity index is 709. The topological polar surface area (TPSA) is 83.8 Å². The number of H-pyrrole nitrogens is 1. The first-order chi connectivity index (χ1) is 10.1. The van der Waals surface area contributed by atoms with E-state index < -0.39 is 0 Å². The van der Waals surface area contributed by atoms with Gasteiger partial charge in [-0.3, -0.25) is 4.79 Å². The summed E-state index contributed by atoms with van der Waals surface area (Å²) in [4.78, 5) is 19.4. The molecule has 3 rings (SSSR count). The van der Waals surface area contributed by atoms with Gasteiger partial charge in [-0.2, -0.15) is 0 Å². The molecule has 1 fully saturated rings. The van der Waals surface area contributed by atoms with Gasteiger partial charge in [0.1, 0.15) is 5.82 Å². The summed E-state index contributed by atoms with van der Waals surface area (Å²) in [6.07, 6.45) is 2.52. The Morgan fingerprint density at radius 1 is 1.43 bits per heavy atom. The number of hydrogen-bond acceptors (Lipinski definition) is 5. The van der Waals surface area contributed by atoms with Crippen molar-refractivity contribution in [2.45, 2.75) is 42.4 Å². The average Bonchev–Trinajstić information content (AvgIpc) is 3.22. The maximum Gasteiger partial charge on any atom is 0.253 e. The lowest BCUT2D eigenvalue weighted by Gasteiger charge is -2.11. The van der Waals surface area contributed by atoms with E-state index in [0.29, 0.717) is 11.2 Å². The zero-order chi connectivity index (χ0) is 14.8. The van der Waals surface area contributed by atoms with Crippen LogP contribution in [-0.4, -0.2) is 16.0 Å². The number of benzene rings is 1. The molecule has 1 aliphatic rings. The molecule has 1 aromatic carbocycles. The lowest BCUT2D eigenvalue weighted by molar-refractivity contribution is 0.680. The van der Waals surface area contributed by atoms with E-state index in [1.54, 1.807) is 0 Å². The number of aromatic nitrogens is 2. The SMILES string of the molecule is Cc1ccc(Sc2nc(N)cc(=O)[nH]2)c(CNC2CC2)c1. The van der Waals surface area contributed by atoms with Crippen molar-refractivity contribution in [1.82, 2.24) is 15.3 Å². The summed E-state index contributed by atoms with van der Waals surface area (Å²) in [7, 11) is 0. The Morgan fingerprint density at radius 2 is 2.24 bits per heavy atom. The molecule has 0 radical (unpaired) electrons. The number of nitrogens with zero attached hydrogens (tertiary/aromatic N) is 1. The fourth-order valence-corrected chi connectivity index (χ4v) is 3.00. The minimum Gasteiger partial charge on any atom is -0.383 e. The molecule has 6 heteroatoms. The van der Waals surface area contributed by atoms with Crippen LogP contribution < -0.4 is 16.6 Å². The van der Waals surface area contributed by atoms with E-state index in [0.717, 1.165) is 11.4 Å². The Labute approximate surface area is 127 Å².